The normalized spacial score (nSPS) is 12.0. The van der Waals surface area contributed by atoms with Crippen molar-refractivity contribution in [2.45, 2.75) is 45.0 Å². The summed E-state index contributed by atoms with van der Waals surface area (Å²) >= 11 is 0. The Labute approximate surface area is 194 Å². The molecular weight excluding hydrogens is 420 g/mol. The van der Waals surface area contributed by atoms with Crippen LogP contribution >= 0.6 is 0 Å². The molecule has 0 saturated heterocycles. The molecule has 0 aliphatic rings. The minimum absolute atomic E-state index is 0.162. The van der Waals surface area contributed by atoms with Crippen LogP contribution in [-0.2, 0) is 27.2 Å². The Hall–Kier alpha value is -2.12. The van der Waals surface area contributed by atoms with Crippen LogP contribution in [0.5, 0.6) is 11.5 Å². The zero-order valence-electron chi connectivity index (χ0n) is 20.4. The van der Waals surface area contributed by atoms with Gasteiger partial charge in [0.05, 0.1) is 6.61 Å². The summed E-state index contributed by atoms with van der Waals surface area (Å²) in [5.41, 5.74) is 3.09. The highest BCUT2D eigenvalue weighted by Crippen LogP contribution is 2.33. The van der Waals surface area contributed by atoms with Crippen molar-refractivity contribution in [2.75, 3.05) is 34.4 Å². The van der Waals surface area contributed by atoms with Crippen molar-refractivity contribution in [3.8, 4) is 11.5 Å². The Kier molecular flexibility index (Phi) is 11.0. The van der Waals surface area contributed by atoms with Gasteiger partial charge in [-0.15, -0.1) is 0 Å². The third-order valence-corrected chi connectivity index (χ3v) is 8.92. The number of allylic oxidation sites excluding steroid dienone is 1. The van der Waals surface area contributed by atoms with Gasteiger partial charge >= 0.3 is 0 Å². The van der Waals surface area contributed by atoms with E-state index in [1.165, 1.54) is 0 Å². The van der Waals surface area contributed by atoms with Gasteiger partial charge in [-0.1, -0.05) is 69.4 Å². The second kappa shape index (κ2) is 13.4. The molecule has 32 heavy (non-hydrogen) atoms. The predicted molar refractivity (Wildman–Crippen MR) is 133 cm³/mol. The molecule has 0 fully saturated rings. The van der Waals surface area contributed by atoms with E-state index in [0.29, 0.717) is 13.0 Å². The summed E-state index contributed by atoms with van der Waals surface area (Å²) in [6.07, 6.45) is 4.85. The van der Waals surface area contributed by atoms with Gasteiger partial charge in [-0.3, -0.25) is 0 Å². The van der Waals surface area contributed by atoms with Crippen molar-refractivity contribution in [3.05, 3.63) is 65.2 Å². The first-order valence-electron chi connectivity index (χ1n) is 11.1. The number of methoxy groups -OCH3 is 2. The lowest BCUT2D eigenvalue weighted by Gasteiger charge is -2.28. The Morgan fingerprint density at radius 3 is 2.03 bits per heavy atom. The van der Waals surface area contributed by atoms with Crippen molar-refractivity contribution < 1.29 is 23.7 Å². The minimum atomic E-state index is -0.818. The maximum absolute atomic E-state index is 6.09. The molecule has 0 atom stereocenters. The van der Waals surface area contributed by atoms with Crippen LogP contribution in [0.1, 0.15) is 30.5 Å². The number of hydrogen-bond donors (Lipinski definition) is 0. The Balaban J connectivity index is 2.25. The van der Waals surface area contributed by atoms with Gasteiger partial charge in [-0.2, -0.15) is 0 Å². The van der Waals surface area contributed by atoms with Crippen molar-refractivity contribution in [3.63, 3.8) is 0 Å². The first-order valence-corrected chi connectivity index (χ1v) is 13.9. The monoisotopic (exact) mass is 458 g/mol. The quantitative estimate of drug-likeness (QED) is 0.269. The zero-order valence-corrected chi connectivity index (χ0v) is 21.5. The molecule has 0 aromatic heterocycles. The molecule has 0 aliphatic heterocycles. The summed E-state index contributed by atoms with van der Waals surface area (Å²) in [6, 6.07) is 14.2. The lowest BCUT2D eigenvalue weighted by atomic mass is 10.0. The molecular formula is C26H38O5Si. The highest BCUT2D eigenvalue weighted by molar-refractivity contribution is 6.59. The molecule has 5 nitrogen and oxygen atoms in total. The van der Waals surface area contributed by atoms with E-state index in [-0.39, 0.29) is 18.6 Å². The van der Waals surface area contributed by atoms with Gasteiger partial charge in [-0.05, 0) is 34.7 Å². The van der Waals surface area contributed by atoms with Gasteiger partial charge < -0.3 is 23.7 Å². The smallest absolute Gasteiger partial charge is 0.188 e. The van der Waals surface area contributed by atoms with Crippen molar-refractivity contribution in [1.82, 2.24) is 0 Å². The van der Waals surface area contributed by atoms with Crippen molar-refractivity contribution >= 4 is 14.9 Å². The summed E-state index contributed by atoms with van der Waals surface area (Å²) in [5.74, 6) is 1.46. The molecule has 0 bridgehead atoms. The molecule has 0 unspecified atom stereocenters. The third-order valence-electron chi connectivity index (χ3n) is 5.63. The van der Waals surface area contributed by atoms with Gasteiger partial charge in [0.1, 0.15) is 11.5 Å². The maximum atomic E-state index is 6.09. The van der Waals surface area contributed by atoms with E-state index in [2.05, 4.69) is 51.2 Å². The number of hydrogen-bond acceptors (Lipinski definition) is 5. The van der Waals surface area contributed by atoms with Crippen LogP contribution in [0, 0.1) is 0 Å². The van der Waals surface area contributed by atoms with Crippen LogP contribution in [0.15, 0.2) is 48.5 Å². The fourth-order valence-corrected chi connectivity index (χ4v) is 3.39. The van der Waals surface area contributed by atoms with Crippen LogP contribution in [0.25, 0.3) is 6.08 Å². The second-order valence-electron chi connectivity index (χ2n) is 8.83. The largest absolute Gasteiger partial charge is 0.467 e. The average Bonchev–Trinajstić information content (AvgIpc) is 2.77. The fourth-order valence-electron chi connectivity index (χ4n) is 2.94. The predicted octanol–water partition coefficient (Wildman–Crippen LogP) is 5.69. The molecule has 2 aromatic rings. The second-order valence-corrected chi connectivity index (χ2v) is 12.7. The van der Waals surface area contributed by atoms with Crippen molar-refractivity contribution in [1.29, 1.82) is 0 Å². The molecule has 2 rings (SSSR count). The van der Waals surface area contributed by atoms with Gasteiger partial charge in [0.15, 0.2) is 13.6 Å². The fraction of sp³-hybridized carbons (Fsp3) is 0.462. The Bertz CT molecular complexity index is 804. The lowest BCUT2D eigenvalue weighted by Crippen LogP contribution is -2.26. The lowest BCUT2D eigenvalue weighted by molar-refractivity contribution is 0.0441. The van der Waals surface area contributed by atoms with E-state index in [1.807, 2.05) is 30.3 Å². The topological polar surface area (TPSA) is 46.2 Å². The van der Waals surface area contributed by atoms with E-state index in [1.54, 1.807) is 14.2 Å². The van der Waals surface area contributed by atoms with Crippen LogP contribution in [0.2, 0.25) is 18.1 Å². The third kappa shape index (κ3) is 8.43. The van der Waals surface area contributed by atoms with E-state index in [4.69, 9.17) is 23.7 Å². The highest BCUT2D eigenvalue weighted by Gasteiger charge is 2.23. The average molecular weight is 459 g/mol. The van der Waals surface area contributed by atoms with E-state index < -0.39 is 8.80 Å². The van der Waals surface area contributed by atoms with Crippen LogP contribution in [0.3, 0.4) is 0 Å². The van der Waals surface area contributed by atoms with Gasteiger partial charge in [0.2, 0.25) is 0 Å². The summed E-state index contributed by atoms with van der Waals surface area (Å²) in [4.78, 5) is 0. The first kappa shape index (κ1) is 26.1. The highest BCUT2D eigenvalue weighted by atomic mass is 28.3. The molecule has 6 heteroatoms. The summed E-state index contributed by atoms with van der Waals surface area (Å²) in [5, 5.41) is 0.243. The molecule has 176 valence electrons. The number of rotatable bonds is 14. The summed E-state index contributed by atoms with van der Waals surface area (Å²) in [7, 11) is 2.41. The molecule has 0 radical (unpaired) electrons. The van der Waals surface area contributed by atoms with E-state index in [9.17, 15) is 0 Å². The summed E-state index contributed by atoms with van der Waals surface area (Å²) < 4.78 is 28.2. The number of ether oxygens (including phenoxy) is 5. The molecule has 0 spiro atoms. The van der Waals surface area contributed by atoms with Crippen LogP contribution in [-0.4, -0.2) is 43.2 Å². The van der Waals surface area contributed by atoms with Crippen LogP contribution < -0.4 is 9.47 Å². The standard InChI is InChI=1S/C26H38O5Si/c1-26(2,32(5)6)18-29-17-22-15-24(30-19-27-3)23(25(16-22)31-20-28-4)14-10-13-21-11-8-7-9-12-21/h7-13,15-16,32H,14,17-20H2,1-6H3/b13-10+. The molecule has 0 heterocycles. The Morgan fingerprint density at radius 2 is 1.50 bits per heavy atom. The van der Waals surface area contributed by atoms with Crippen LogP contribution in [0.4, 0.5) is 0 Å². The van der Waals surface area contributed by atoms with Crippen molar-refractivity contribution in [2.24, 2.45) is 0 Å². The number of benzene rings is 2. The molecule has 0 saturated carbocycles. The first-order chi connectivity index (χ1) is 15.4. The summed E-state index contributed by atoms with van der Waals surface area (Å²) in [6.45, 7) is 10.8. The SMILES string of the molecule is COCOc1cc(COCC(C)(C)[SiH](C)C)cc(OCOC)c1C/C=C/c1ccccc1. The molecule has 0 N–H and O–H groups in total. The van der Waals surface area contributed by atoms with E-state index >= 15 is 0 Å². The van der Waals surface area contributed by atoms with Gasteiger partial charge in [-0.25, -0.2) is 0 Å². The molecule has 0 amide bonds. The molecule has 0 aliphatic carbocycles. The minimum Gasteiger partial charge on any atom is -0.467 e. The van der Waals surface area contributed by atoms with Gasteiger partial charge in [0.25, 0.3) is 0 Å². The van der Waals surface area contributed by atoms with Gasteiger partial charge in [0, 0.05) is 35.2 Å². The maximum Gasteiger partial charge on any atom is 0.188 e. The zero-order chi connectivity index (χ0) is 23.4. The Morgan fingerprint density at radius 1 is 0.906 bits per heavy atom. The van der Waals surface area contributed by atoms with E-state index in [0.717, 1.165) is 34.8 Å². The molecule has 2 aromatic carbocycles.